The van der Waals surface area contributed by atoms with Crippen molar-refractivity contribution in [2.24, 2.45) is 0 Å². The Balaban J connectivity index is 1.81. The van der Waals surface area contributed by atoms with Crippen molar-refractivity contribution in [2.45, 2.75) is 16.3 Å². The largest absolute Gasteiger partial charge is 0.351 e. The molecule has 0 unspecified atom stereocenters. The van der Waals surface area contributed by atoms with Gasteiger partial charge in [-0.25, -0.2) is 4.98 Å². The van der Waals surface area contributed by atoms with Gasteiger partial charge in [0.25, 0.3) is 5.91 Å². The molecule has 0 aliphatic carbocycles. The van der Waals surface area contributed by atoms with Gasteiger partial charge in [-0.1, -0.05) is 53.2 Å². The number of carbonyl (C=O) groups excluding carboxylic acids is 1. The summed E-state index contributed by atoms with van der Waals surface area (Å²) >= 11 is 13.6. The summed E-state index contributed by atoms with van der Waals surface area (Å²) in [4.78, 5) is 17.7. The third kappa shape index (κ3) is 5.26. The van der Waals surface area contributed by atoms with Crippen LogP contribution in [-0.2, 0) is 0 Å². The molecule has 0 saturated heterocycles. The second-order valence-corrected chi connectivity index (χ2v) is 7.69. The maximum absolute atomic E-state index is 12.2. The Bertz CT molecular complexity index is 1050. The van der Waals surface area contributed by atoms with Crippen molar-refractivity contribution >= 4 is 40.9 Å². The highest BCUT2D eigenvalue weighted by molar-refractivity contribution is 7.99. The number of nitriles is 1. The molecular formula is C21H15Cl2N3OS. The fourth-order valence-electron chi connectivity index (χ4n) is 2.46. The molecule has 4 nitrogen and oxygen atoms in total. The average molecular weight is 428 g/mol. The van der Waals surface area contributed by atoms with Crippen LogP contribution in [0.3, 0.4) is 0 Å². The summed E-state index contributed by atoms with van der Waals surface area (Å²) in [5.41, 5.74) is 2.11. The molecule has 2 aromatic carbocycles. The van der Waals surface area contributed by atoms with Crippen molar-refractivity contribution in [1.29, 1.82) is 5.26 Å². The molecule has 3 rings (SSSR count). The van der Waals surface area contributed by atoms with E-state index in [0.29, 0.717) is 22.2 Å². The maximum Gasteiger partial charge on any atom is 0.251 e. The Morgan fingerprint density at radius 3 is 2.71 bits per heavy atom. The molecule has 7 heteroatoms. The van der Waals surface area contributed by atoms with Gasteiger partial charge in [0.05, 0.1) is 23.2 Å². The molecule has 1 amide bonds. The van der Waals surface area contributed by atoms with Crippen LogP contribution in [0.15, 0.2) is 70.6 Å². The number of hydrogen-bond donors (Lipinski definition) is 1. The van der Waals surface area contributed by atoms with E-state index in [-0.39, 0.29) is 12.3 Å². The highest BCUT2D eigenvalue weighted by Crippen LogP contribution is 2.34. The van der Waals surface area contributed by atoms with Crippen molar-refractivity contribution in [3.8, 4) is 17.3 Å². The van der Waals surface area contributed by atoms with Gasteiger partial charge in [0, 0.05) is 27.6 Å². The number of halogens is 2. The summed E-state index contributed by atoms with van der Waals surface area (Å²) in [5, 5.41) is 13.2. The lowest BCUT2D eigenvalue weighted by atomic mass is 10.1. The zero-order chi connectivity index (χ0) is 19.9. The van der Waals surface area contributed by atoms with Gasteiger partial charge in [-0.2, -0.15) is 5.26 Å². The van der Waals surface area contributed by atoms with Crippen molar-refractivity contribution < 1.29 is 4.79 Å². The SMILES string of the molecule is N#CCCNC(=O)c1cccc(-c2cccc(Sc3ccc(Cl)cc3Cl)n2)c1. The highest BCUT2D eigenvalue weighted by Gasteiger charge is 2.09. The van der Waals surface area contributed by atoms with Crippen LogP contribution in [0.4, 0.5) is 0 Å². The van der Waals surface area contributed by atoms with Crippen LogP contribution < -0.4 is 5.32 Å². The third-order valence-corrected chi connectivity index (χ3v) is 5.45. The van der Waals surface area contributed by atoms with Gasteiger partial charge in [0.15, 0.2) is 0 Å². The molecule has 1 heterocycles. The van der Waals surface area contributed by atoms with E-state index in [0.717, 1.165) is 21.2 Å². The highest BCUT2D eigenvalue weighted by atomic mass is 35.5. The van der Waals surface area contributed by atoms with Gasteiger partial charge >= 0.3 is 0 Å². The van der Waals surface area contributed by atoms with Crippen LogP contribution in [0.2, 0.25) is 10.0 Å². The van der Waals surface area contributed by atoms with Crippen LogP contribution in [0, 0.1) is 11.3 Å². The third-order valence-electron chi connectivity index (χ3n) is 3.77. The number of pyridine rings is 1. The molecular weight excluding hydrogens is 413 g/mol. The van der Waals surface area contributed by atoms with Gasteiger partial charge < -0.3 is 5.32 Å². The molecule has 0 fully saturated rings. The first-order valence-corrected chi connectivity index (χ1v) is 9.99. The normalized spacial score (nSPS) is 10.3. The molecule has 140 valence electrons. The molecule has 0 saturated carbocycles. The van der Waals surface area contributed by atoms with Gasteiger partial charge in [-0.05, 0) is 42.5 Å². The molecule has 0 radical (unpaired) electrons. The summed E-state index contributed by atoms with van der Waals surface area (Å²) in [7, 11) is 0. The molecule has 0 aliphatic rings. The summed E-state index contributed by atoms with van der Waals surface area (Å²) in [5.74, 6) is -0.212. The molecule has 3 aromatic rings. The van der Waals surface area contributed by atoms with E-state index >= 15 is 0 Å². The van der Waals surface area contributed by atoms with E-state index in [4.69, 9.17) is 28.5 Å². The quantitative estimate of drug-likeness (QED) is 0.500. The van der Waals surface area contributed by atoms with Crippen LogP contribution in [-0.4, -0.2) is 17.4 Å². The van der Waals surface area contributed by atoms with E-state index in [1.165, 1.54) is 11.8 Å². The van der Waals surface area contributed by atoms with Crippen molar-refractivity contribution in [2.75, 3.05) is 6.54 Å². The minimum Gasteiger partial charge on any atom is -0.351 e. The smallest absolute Gasteiger partial charge is 0.251 e. The number of nitrogens with zero attached hydrogens (tertiary/aromatic N) is 2. The van der Waals surface area contributed by atoms with Gasteiger partial charge in [-0.3, -0.25) is 4.79 Å². The number of aromatic nitrogens is 1. The van der Waals surface area contributed by atoms with Gasteiger partial charge in [0.2, 0.25) is 0 Å². The Kier molecular flexibility index (Phi) is 6.94. The lowest BCUT2D eigenvalue weighted by Gasteiger charge is -2.08. The number of benzene rings is 2. The zero-order valence-electron chi connectivity index (χ0n) is 14.7. The lowest BCUT2D eigenvalue weighted by molar-refractivity contribution is 0.0954. The summed E-state index contributed by atoms with van der Waals surface area (Å²) < 4.78 is 0. The van der Waals surface area contributed by atoms with Crippen LogP contribution in [0.25, 0.3) is 11.3 Å². The topological polar surface area (TPSA) is 65.8 Å². The molecule has 1 N–H and O–H groups in total. The van der Waals surface area contributed by atoms with Crippen LogP contribution in [0.1, 0.15) is 16.8 Å². The predicted octanol–water partition coefficient (Wildman–Crippen LogP) is 5.85. The van der Waals surface area contributed by atoms with E-state index in [1.54, 1.807) is 24.3 Å². The number of carbonyl (C=O) groups is 1. The number of rotatable bonds is 6. The standard InChI is InChI=1S/C21H15Cl2N3OS/c22-16-8-9-19(17(23)13-16)28-20-7-2-6-18(26-20)14-4-1-5-15(12-14)21(27)25-11-3-10-24/h1-2,4-9,12-13H,3,11H2,(H,25,27). The van der Waals surface area contributed by atoms with Crippen molar-refractivity contribution in [1.82, 2.24) is 10.3 Å². The lowest BCUT2D eigenvalue weighted by Crippen LogP contribution is -2.24. The first kappa shape index (κ1) is 20.2. The molecule has 0 spiro atoms. The molecule has 0 atom stereocenters. The molecule has 1 aromatic heterocycles. The van der Waals surface area contributed by atoms with E-state index in [1.807, 2.05) is 42.5 Å². The monoisotopic (exact) mass is 427 g/mol. The Hall–Kier alpha value is -2.52. The second kappa shape index (κ2) is 9.61. The predicted molar refractivity (Wildman–Crippen MR) is 113 cm³/mol. The minimum absolute atomic E-state index is 0.212. The summed E-state index contributed by atoms with van der Waals surface area (Å²) in [6.07, 6.45) is 0.277. The maximum atomic E-state index is 12.2. The first-order valence-electron chi connectivity index (χ1n) is 8.42. The van der Waals surface area contributed by atoms with E-state index < -0.39 is 0 Å². The fourth-order valence-corrected chi connectivity index (χ4v) is 3.79. The molecule has 28 heavy (non-hydrogen) atoms. The van der Waals surface area contributed by atoms with Crippen molar-refractivity contribution in [3.05, 3.63) is 76.3 Å². The number of nitrogens with one attached hydrogen (secondary N) is 1. The Morgan fingerprint density at radius 2 is 1.93 bits per heavy atom. The van der Waals surface area contributed by atoms with Gasteiger partial charge in [0.1, 0.15) is 5.03 Å². The molecule has 0 bridgehead atoms. The second-order valence-electron chi connectivity index (χ2n) is 5.78. The van der Waals surface area contributed by atoms with E-state index in [9.17, 15) is 4.79 Å². The first-order chi connectivity index (χ1) is 13.6. The Labute approximate surface area is 177 Å². The summed E-state index contributed by atoms with van der Waals surface area (Å²) in [6.45, 7) is 0.325. The van der Waals surface area contributed by atoms with E-state index in [2.05, 4.69) is 10.3 Å². The Morgan fingerprint density at radius 1 is 1.11 bits per heavy atom. The summed E-state index contributed by atoms with van der Waals surface area (Å²) in [6, 6.07) is 20.3. The van der Waals surface area contributed by atoms with Crippen molar-refractivity contribution in [3.63, 3.8) is 0 Å². The number of amides is 1. The molecule has 0 aliphatic heterocycles. The minimum atomic E-state index is -0.212. The zero-order valence-corrected chi connectivity index (χ0v) is 17.0. The van der Waals surface area contributed by atoms with Gasteiger partial charge in [-0.15, -0.1) is 0 Å². The number of hydrogen-bond acceptors (Lipinski definition) is 4. The average Bonchev–Trinajstić information content (AvgIpc) is 2.70. The fraction of sp³-hybridized carbons (Fsp3) is 0.0952. The van der Waals surface area contributed by atoms with Crippen LogP contribution in [0.5, 0.6) is 0 Å². The van der Waals surface area contributed by atoms with Crippen LogP contribution >= 0.6 is 35.0 Å².